The molecule has 1 aromatic heterocycles. The minimum absolute atomic E-state index is 0.0732. The zero-order valence-electron chi connectivity index (χ0n) is 12.8. The lowest BCUT2D eigenvalue weighted by atomic mass is 10.1. The Morgan fingerprint density at radius 3 is 2.74 bits per heavy atom. The summed E-state index contributed by atoms with van der Waals surface area (Å²) in [6.45, 7) is 4.09. The summed E-state index contributed by atoms with van der Waals surface area (Å²) in [6.07, 6.45) is 1.51. The third kappa shape index (κ3) is 2.53. The van der Waals surface area contributed by atoms with Gasteiger partial charge in [0.2, 0.25) is 6.79 Å². The van der Waals surface area contributed by atoms with Crippen LogP contribution in [0.5, 0.6) is 11.5 Å². The van der Waals surface area contributed by atoms with Crippen molar-refractivity contribution in [1.29, 1.82) is 5.26 Å². The molecule has 2 aromatic rings. The lowest BCUT2D eigenvalue weighted by molar-refractivity contribution is -0.114. The summed E-state index contributed by atoms with van der Waals surface area (Å²) in [4.78, 5) is 11.2. The summed E-state index contributed by atoms with van der Waals surface area (Å²) in [5.74, 6) is 0.680. The number of hydrogen-bond donors (Lipinski definition) is 1. The van der Waals surface area contributed by atoms with Gasteiger partial charge in [-0.25, -0.2) is 0 Å². The standard InChI is InChI=1S/C17H15N3O3/c1-10-5-12(6-13(8-18)17(19)21)11(2)20(10)14-3-4-15-16(7-14)23-9-22-15/h3-7H,9H2,1-2H3,(H2,19,21). The molecule has 2 heterocycles. The molecule has 23 heavy (non-hydrogen) atoms. The molecule has 1 aliphatic rings. The highest BCUT2D eigenvalue weighted by Crippen LogP contribution is 2.35. The maximum Gasteiger partial charge on any atom is 0.259 e. The van der Waals surface area contributed by atoms with Crippen LogP contribution in [0.15, 0.2) is 29.8 Å². The molecule has 6 heteroatoms. The second kappa shape index (κ2) is 5.54. The minimum atomic E-state index is -0.736. The van der Waals surface area contributed by atoms with E-state index in [1.807, 2.05) is 48.7 Å². The Hall–Kier alpha value is -3.20. The van der Waals surface area contributed by atoms with E-state index in [0.29, 0.717) is 5.75 Å². The van der Waals surface area contributed by atoms with E-state index in [9.17, 15) is 4.79 Å². The quantitative estimate of drug-likeness (QED) is 0.695. The van der Waals surface area contributed by atoms with Crippen LogP contribution in [0.1, 0.15) is 17.0 Å². The van der Waals surface area contributed by atoms with Gasteiger partial charge in [0.25, 0.3) is 5.91 Å². The van der Waals surface area contributed by atoms with Crippen molar-refractivity contribution in [2.45, 2.75) is 13.8 Å². The smallest absolute Gasteiger partial charge is 0.259 e. The third-order valence-electron chi connectivity index (χ3n) is 3.77. The van der Waals surface area contributed by atoms with E-state index < -0.39 is 5.91 Å². The van der Waals surface area contributed by atoms with Gasteiger partial charge in [-0.15, -0.1) is 0 Å². The molecule has 0 spiro atoms. The molecule has 0 unspecified atom stereocenters. The molecule has 1 aromatic carbocycles. The number of fused-ring (bicyclic) bond motifs is 1. The molecule has 2 N–H and O–H groups in total. The maximum atomic E-state index is 11.2. The fourth-order valence-corrected chi connectivity index (χ4v) is 2.67. The van der Waals surface area contributed by atoms with Crippen molar-refractivity contribution in [3.63, 3.8) is 0 Å². The number of carbonyl (C=O) groups excluding carboxylic acids is 1. The van der Waals surface area contributed by atoms with Gasteiger partial charge in [0, 0.05) is 23.1 Å². The highest BCUT2D eigenvalue weighted by atomic mass is 16.7. The Bertz CT molecular complexity index is 872. The second-order valence-electron chi connectivity index (χ2n) is 5.23. The number of nitrogens with zero attached hydrogens (tertiary/aromatic N) is 2. The predicted molar refractivity (Wildman–Crippen MR) is 84.2 cm³/mol. The molecule has 6 nitrogen and oxygen atoms in total. The molecule has 3 rings (SSSR count). The first-order chi connectivity index (χ1) is 11.0. The fraction of sp³-hybridized carbons (Fsp3) is 0.176. The van der Waals surface area contributed by atoms with Gasteiger partial charge < -0.3 is 19.8 Å². The van der Waals surface area contributed by atoms with Gasteiger partial charge in [0.05, 0.1) is 0 Å². The summed E-state index contributed by atoms with van der Waals surface area (Å²) in [5.41, 5.74) is 8.68. The average Bonchev–Trinajstić information content (AvgIpc) is 3.08. The van der Waals surface area contributed by atoms with Crippen molar-refractivity contribution in [2.24, 2.45) is 5.73 Å². The zero-order valence-corrected chi connectivity index (χ0v) is 12.8. The van der Waals surface area contributed by atoms with Crippen molar-refractivity contribution >= 4 is 12.0 Å². The van der Waals surface area contributed by atoms with Crippen molar-refractivity contribution in [3.8, 4) is 23.3 Å². The fourth-order valence-electron chi connectivity index (χ4n) is 2.67. The van der Waals surface area contributed by atoms with Crippen LogP contribution in [-0.4, -0.2) is 17.3 Å². The number of nitriles is 1. The van der Waals surface area contributed by atoms with Crippen LogP contribution in [0, 0.1) is 25.2 Å². The number of hydrogen-bond acceptors (Lipinski definition) is 4. The summed E-state index contributed by atoms with van der Waals surface area (Å²) in [7, 11) is 0. The molecule has 0 saturated heterocycles. The Morgan fingerprint density at radius 2 is 2.04 bits per heavy atom. The van der Waals surface area contributed by atoms with E-state index in [-0.39, 0.29) is 12.4 Å². The normalized spacial score (nSPS) is 13.0. The minimum Gasteiger partial charge on any atom is -0.454 e. The molecular formula is C17H15N3O3. The predicted octanol–water partition coefficient (Wildman–Crippen LogP) is 2.22. The topological polar surface area (TPSA) is 90.3 Å². The van der Waals surface area contributed by atoms with E-state index in [2.05, 4.69) is 0 Å². The number of primary amides is 1. The van der Waals surface area contributed by atoms with Gasteiger partial charge in [-0.05, 0) is 43.7 Å². The molecule has 0 bridgehead atoms. The summed E-state index contributed by atoms with van der Waals surface area (Å²) in [5, 5.41) is 8.99. The Balaban J connectivity index is 2.09. The number of carbonyl (C=O) groups is 1. The third-order valence-corrected chi connectivity index (χ3v) is 3.77. The van der Waals surface area contributed by atoms with Crippen LogP contribution >= 0.6 is 0 Å². The van der Waals surface area contributed by atoms with Gasteiger partial charge in [0.1, 0.15) is 11.6 Å². The maximum absolute atomic E-state index is 11.2. The van der Waals surface area contributed by atoms with Crippen LogP contribution in [-0.2, 0) is 4.79 Å². The van der Waals surface area contributed by atoms with Crippen molar-refractivity contribution in [2.75, 3.05) is 6.79 Å². The molecule has 0 radical (unpaired) electrons. The first-order valence-corrected chi connectivity index (χ1v) is 7.02. The van der Waals surface area contributed by atoms with Crippen LogP contribution < -0.4 is 15.2 Å². The van der Waals surface area contributed by atoms with Gasteiger partial charge >= 0.3 is 0 Å². The van der Waals surface area contributed by atoms with Crippen molar-refractivity contribution in [1.82, 2.24) is 4.57 Å². The van der Waals surface area contributed by atoms with E-state index in [4.69, 9.17) is 20.5 Å². The van der Waals surface area contributed by atoms with E-state index in [1.165, 1.54) is 6.08 Å². The van der Waals surface area contributed by atoms with Crippen molar-refractivity contribution in [3.05, 3.63) is 46.8 Å². The summed E-state index contributed by atoms with van der Waals surface area (Å²) < 4.78 is 12.7. The number of nitrogens with two attached hydrogens (primary N) is 1. The van der Waals surface area contributed by atoms with E-state index in [1.54, 1.807) is 0 Å². The van der Waals surface area contributed by atoms with E-state index >= 15 is 0 Å². The van der Waals surface area contributed by atoms with Gasteiger partial charge in [-0.2, -0.15) is 5.26 Å². The molecule has 1 aliphatic heterocycles. The highest BCUT2D eigenvalue weighted by Gasteiger charge is 2.17. The van der Waals surface area contributed by atoms with Gasteiger partial charge in [-0.1, -0.05) is 0 Å². The second-order valence-corrected chi connectivity index (χ2v) is 5.23. The lowest BCUT2D eigenvalue weighted by Gasteiger charge is -2.10. The van der Waals surface area contributed by atoms with Gasteiger partial charge in [0.15, 0.2) is 11.5 Å². The molecule has 0 saturated carbocycles. The Kier molecular flexibility index (Phi) is 3.54. The van der Waals surface area contributed by atoms with Crippen molar-refractivity contribution < 1.29 is 14.3 Å². The summed E-state index contributed by atoms with van der Waals surface area (Å²) >= 11 is 0. The van der Waals surface area contributed by atoms with Crippen LogP contribution in [0.4, 0.5) is 0 Å². The first kappa shape index (κ1) is 14.7. The Labute approximate surface area is 133 Å². The van der Waals surface area contributed by atoms with Crippen LogP contribution in [0.2, 0.25) is 0 Å². The van der Waals surface area contributed by atoms with Crippen LogP contribution in [0.25, 0.3) is 11.8 Å². The SMILES string of the molecule is Cc1cc(C=C(C#N)C(N)=O)c(C)n1-c1ccc2c(c1)OCO2. The number of ether oxygens (including phenoxy) is 2. The molecule has 0 fully saturated rings. The van der Waals surface area contributed by atoms with Gasteiger partial charge in [-0.3, -0.25) is 4.79 Å². The molecule has 0 aliphatic carbocycles. The molecule has 0 atom stereocenters. The summed E-state index contributed by atoms with van der Waals surface area (Å²) in [6, 6.07) is 9.41. The molecule has 116 valence electrons. The number of benzene rings is 1. The van der Waals surface area contributed by atoms with Crippen LogP contribution in [0.3, 0.4) is 0 Å². The number of rotatable bonds is 3. The lowest BCUT2D eigenvalue weighted by Crippen LogP contribution is -2.12. The zero-order chi connectivity index (χ0) is 16.6. The highest BCUT2D eigenvalue weighted by molar-refractivity contribution is 6.00. The largest absolute Gasteiger partial charge is 0.454 e. The average molecular weight is 309 g/mol. The van der Waals surface area contributed by atoms with E-state index in [0.717, 1.165) is 28.4 Å². The monoisotopic (exact) mass is 309 g/mol. The number of aryl methyl sites for hydroxylation is 1. The Morgan fingerprint density at radius 1 is 1.30 bits per heavy atom. The first-order valence-electron chi connectivity index (χ1n) is 7.02. The molecular weight excluding hydrogens is 294 g/mol. The molecule has 1 amide bonds. The number of amides is 1. The number of aromatic nitrogens is 1.